The summed E-state index contributed by atoms with van der Waals surface area (Å²) in [5, 5.41) is 0. The molecule has 0 aromatic heterocycles. The van der Waals surface area contributed by atoms with Gasteiger partial charge in [-0.05, 0) is 33.1 Å². The van der Waals surface area contributed by atoms with Crippen molar-refractivity contribution in [3.63, 3.8) is 0 Å². The molecule has 0 rings (SSSR count). The first-order chi connectivity index (χ1) is 9.03. The van der Waals surface area contributed by atoms with Gasteiger partial charge in [0.05, 0.1) is 0 Å². The third-order valence-electron chi connectivity index (χ3n) is 2.70. The number of carbonyl (C=O) groups excluding carboxylic acids is 2. The SMILES string of the molecule is CC(C)CC(=O)N(C)CCCN(C)C(=O)OC(C)(C)C. The van der Waals surface area contributed by atoms with Crippen molar-refractivity contribution in [2.24, 2.45) is 5.92 Å². The average Bonchev–Trinajstić information content (AvgIpc) is 2.25. The van der Waals surface area contributed by atoms with Gasteiger partial charge in [-0.3, -0.25) is 4.79 Å². The Labute approximate surface area is 123 Å². The van der Waals surface area contributed by atoms with Crippen LogP contribution < -0.4 is 0 Å². The molecule has 0 saturated carbocycles. The zero-order chi connectivity index (χ0) is 15.9. The number of hydrogen-bond acceptors (Lipinski definition) is 3. The van der Waals surface area contributed by atoms with Crippen LogP contribution in [0.2, 0.25) is 0 Å². The van der Waals surface area contributed by atoms with Gasteiger partial charge in [-0.25, -0.2) is 4.79 Å². The van der Waals surface area contributed by atoms with Crippen LogP contribution >= 0.6 is 0 Å². The quantitative estimate of drug-likeness (QED) is 0.754. The summed E-state index contributed by atoms with van der Waals surface area (Å²) < 4.78 is 5.26. The minimum absolute atomic E-state index is 0.153. The molecule has 0 atom stereocenters. The van der Waals surface area contributed by atoms with E-state index in [4.69, 9.17) is 4.74 Å². The van der Waals surface area contributed by atoms with Gasteiger partial charge in [0, 0.05) is 33.6 Å². The van der Waals surface area contributed by atoms with Crippen molar-refractivity contribution in [2.45, 2.75) is 53.1 Å². The highest BCUT2D eigenvalue weighted by Crippen LogP contribution is 2.09. The molecule has 118 valence electrons. The minimum Gasteiger partial charge on any atom is -0.444 e. The molecule has 20 heavy (non-hydrogen) atoms. The number of nitrogens with zero attached hydrogens (tertiary/aromatic N) is 2. The molecule has 0 heterocycles. The molecule has 0 fully saturated rings. The molecule has 0 aliphatic carbocycles. The van der Waals surface area contributed by atoms with Crippen LogP contribution in [0.5, 0.6) is 0 Å². The molecule has 2 amide bonds. The smallest absolute Gasteiger partial charge is 0.410 e. The van der Waals surface area contributed by atoms with Crippen LogP contribution in [-0.2, 0) is 9.53 Å². The Bertz CT molecular complexity index is 322. The number of hydrogen-bond donors (Lipinski definition) is 0. The molecule has 5 nitrogen and oxygen atoms in total. The molecule has 0 N–H and O–H groups in total. The van der Waals surface area contributed by atoms with E-state index in [0.717, 1.165) is 6.42 Å². The van der Waals surface area contributed by atoms with Gasteiger partial charge in [0.15, 0.2) is 0 Å². The lowest BCUT2D eigenvalue weighted by atomic mass is 10.1. The highest BCUT2D eigenvalue weighted by Gasteiger charge is 2.19. The maximum Gasteiger partial charge on any atom is 0.410 e. The van der Waals surface area contributed by atoms with Crippen LogP contribution in [0.25, 0.3) is 0 Å². The van der Waals surface area contributed by atoms with E-state index in [9.17, 15) is 9.59 Å². The third-order valence-corrected chi connectivity index (χ3v) is 2.70. The molecule has 0 saturated heterocycles. The normalized spacial score (nSPS) is 11.4. The first-order valence-electron chi connectivity index (χ1n) is 7.21. The third kappa shape index (κ3) is 8.77. The van der Waals surface area contributed by atoms with Gasteiger partial charge in [-0.15, -0.1) is 0 Å². The van der Waals surface area contributed by atoms with E-state index in [1.807, 2.05) is 34.6 Å². The molecular formula is C15H30N2O3. The Hall–Kier alpha value is -1.26. The van der Waals surface area contributed by atoms with Gasteiger partial charge in [0.1, 0.15) is 5.60 Å². The first-order valence-corrected chi connectivity index (χ1v) is 7.21. The van der Waals surface area contributed by atoms with Crippen molar-refractivity contribution in [2.75, 3.05) is 27.2 Å². The Morgan fingerprint density at radius 3 is 2.00 bits per heavy atom. The van der Waals surface area contributed by atoms with E-state index in [1.165, 1.54) is 0 Å². The van der Waals surface area contributed by atoms with Crippen molar-refractivity contribution in [3.05, 3.63) is 0 Å². The predicted molar refractivity (Wildman–Crippen MR) is 80.6 cm³/mol. The van der Waals surface area contributed by atoms with Gasteiger partial charge in [0.25, 0.3) is 0 Å². The highest BCUT2D eigenvalue weighted by molar-refractivity contribution is 5.76. The maximum absolute atomic E-state index is 11.8. The zero-order valence-corrected chi connectivity index (χ0v) is 14.0. The molecule has 0 aliphatic heterocycles. The Kier molecular flexibility index (Phi) is 7.61. The van der Waals surface area contributed by atoms with E-state index in [-0.39, 0.29) is 12.0 Å². The molecule has 5 heteroatoms. The summed E-state index contributed by atoms with van der Waals surface area (Å²) >= 11 is 0. The predicted octanol–water partition coefficient (Wildman–Crippen LogP) is 2.75. The fraction of sp³-hybridized carbons (Fsp3) is 0.867. The van der Waals surface area contributed by atoms with Crippen LogP contribution in [0.15, 0.2) is 0 Å². The Morgan fingerprint density at radius 2 is 1.55 bits per heavy atom. The number of rotatable bonds is 6. The fourth-order valence-corrected chi connectivity index (χ4v) is 1.61. The van der Waals surface area contributed by atoms with Crippen molar-refractivity contribution in [1.29, 1.82) is 0 Å². The zero-order valence-electron chi connectivity index (χ0n) is 14.0. The van der Waals surface area contributed by atoms with Crippen molar-refractivity contribution < 1.29 is 14.3 Å². The minimum atomic E-state index is -0.477. The topological polar surface area (TPSA) is 49.9 Å². The molecular weight excluding hydrogens is 256 g/mol. The summed E-state index contributed by atoms with van der Waals surface area (Å²) in [6.07, 6.45) is 0.989. The Morgan fingerprint density at radius 1 is 1.05 bits per heavy atom. The number of carbonyl (C=O) groups is 2. The van der Waals surface area contributed by atoms with Crippen molar-refractivity contribution >= 4 is 12.0 Å². The highest BCUT2D eigenvalue weighted by atomic mass is 16.6. The standard InChI is InChI=1S/C15H30N2O3/c1-12(2)11-13(18)16(6)9-8-10-17(7)14(19)20-15(3,4)5/h12H,8-11H2,1-7H3. The lowest BCUT2D eigenvalue weighted by Crippen LogP contribution is -2.36. The molecule has 0 aromatic carbocycles. The summed E-state index contributed by atoms with van der Waals surface area (Å²) in [5.41, 5.74) is -0.477. The molecule has 0 bridgehead atoms. The molecule has 0 spiro atoms. The van der Waals surface area contributed by atoms with Gasteiger partial charge >= 0.3 is 6.09 Å². The fourth-order valence-electron chi connectivity index (χ4n) is 1.61. The maximum atomic E-state index is 11.8. The van der Waals surface area contributed by atoms with Crippen LogP contribution in [0.1, 0.15) is 47.5 Å². The van der Waals surface area contributed by atoms with Gasteiger partial charge in [0.2, 0.25) is 5.91 Å². The van der Waals surface area contributed by atoms with E-state index in [2.05, 4.69) is 0 Å². The van der Waals surface area contributed by atoms with E-state index >= 15 is 0 Å². The summed E-state index contributed by atoms with van der Waals surface area (Å²) in [4.78, 5) is 26.8. The second kappa shape index (κ2) is 8.12. The monoisotopic (exact) mass is 286 g/mol. The molecule has 0 aliphatic rings. The molecule has 0 unspecified atom stereocenters. The summed E-state index contributed by atoms with van der Waals surface area (Å²) in [5.74, 6) is 0.523. The molecule has 0 radical (unpaired) electrons. The lowest BCUT2D eigenvalue weighted by Gasteiger charge is -2.25. The van der Waals surface area contributed by atoms with Crippen LogP contribution in [-0.4, -0.2) is 54.6 Å². The van der Waals surface area contributed by atoms with Crippen molar-refractivity contribution in [3.8, 4) is 0 Å². The largest absolute Gasteiger partial charge is 0.444 e. The van der Waals surface area contributed by atoms with E-state index in [1.54, 1.807) is 23.9 Å². The Balaban J connectivity index is 3.99. The van der Waals surface area contributed by atoms with Crippen molar-refractivity contribution in [1.82, 2.24) is 9.80 Å². The summed E-state index contributed by atoms with van der Waals surface area (Å²) in [6.45, 7) is 10.8. The van der Waals surface area contributed by atoms with Gasteiger partial charge in [-0.1, -0.05) is 13.8 Å². The second-order valence-electron chi connectivity index (χ2n) is 6.67. The van der Waals surface area contributed by atoms with Gasteiger partial charge in [-0.2, -0.15) is 0 Å². The number of amides is 2. The van der Waals surface area contributed by atoms with Crippen LogP contribution in [0.3, 0.4) is 0 Å². The summed E-state index contributed by atoms with van der Waals surface area (Å²) in [7, 11) is 3.52. The van der Waals surface area contributed by atoms with Crippen LogP contribution in [0, 0.1) is 5.92 Å². The van der Waals surface area contributed by atoms with Gasteiger partial charge < -0.3 is 14.5 Å². The van der Waals surface area contributed by atoms with Crippen LogP contribution in [0.4, 0.5) is 4.79 Å². The number of ether oxygens (including phenoxy) is 1. The van der Waals surface area contributed by atoms with E-state index in [0.29, 0.717) is 25.4 Å². The summed E-state index contributed by atoms with van der Waals surface area (Å²) in [6, 6.07) is 0. The molecule has 0 aromatic rings. The average molecular weight is 286 g/mol. The lowest BCUT2D eigenvalue weighted by molar-refractivity contribution is -0.130. The first kappa shape index (κ1) is 18.7. The second-order valence-corrected chi connectivity index (χ2v) is 6.67. The van der Waals surface area contributed by atoms with E-state index < -0.39 is 5.60 Å².